The number of H-pyrrole nitrogens is 1. The molecule has 18 heavy (non-hydrogen) atoms. The summed E-state index contributed by atoms with van der Waals surface area (Å²) in [6.45, 7) is 3.73. The van der Waals surface area contributed by atoms with Gasteiger partial charge in [-0.15, -0.1) is 0 Å². The Bertz CT molecular complexity index is 745. The Kier molecular flexibility index (Phi) is 2.81. The highest BCUT2D eigenvalue weighted by Gasteiger charge is 2.10. The number of aryl methyl sites for hydroxylation is 2. The fourth-order valence-corrected chi connectivity index (χ4v) is 1.79. The molecule has 1 heterocycles. The van der Waals surface area contributed by atoms with E-state index in [2.05, 4.69) is 10.2 Å². The van der Waals surface area contributed by atoms with Crippen LogP contribution in [-0.2, 0) is 0 Å². The molecule has 0 amide bonds. The fourth-order valence-electron chi connectivity index (χ4n) is 1.79. The predicted octanol–water partition coefficient (Wildman–Crippen LogP) is 0.409. The molecule has 1 aromatic heterocycles. The Morgan fingerprint density at radius 1 is 1.22 bits per heavy atom. The summed E-state index contributed by atoms with van der Waals surface area (Å²) in [5.74, 6) is 0. The van der Waals surface area contributed by atoms with Crippen LogP contribution in [-0.4, -0.2) is 14.8 Å². The largest absolute Gasteiger partial charge is 0.349 e. The Balaban J connectivity index is 2.83. The second-order valence-corrected chi connectivity index (χ2v) is 3.98. The van der Waals surface area contributed by atoms with E-state index in [9.17, 15) is 9.59 Å². The van der Waals surface area contributed by atoms with Crippen molar-refractivity contribution in [2.45, 2.75) is 13.8 Å². The van der Waals surface area contributed by atoms with Gasteiger partial charge in [0.15, 0.2) is 0 Å². The van der Waals surface area contributed by atoms with Gasteiger partial charge in [0, 0.05) is 0 Å². The standard InChI is InChI=1S/C12H10N4O2/c1-7-3-8(2)5-9(4-7)16-11(17)10(6-13)14-15-12(16)18/h3-5H,1-2H3,(H,15,18). The van der Waals surface area contributed by atoms with Crippen LogP contribution >= 0.6 is 0 Å². The molecular weight excluding hydrogens is 232 g/mol. The molecule has 0 spiro atoms. The van der Waals surface area contributed by atoms with E-state index >= 15 is 0 Å². The zero-order valence-electron chi connectivity index (χ0n) is 9.89. The van der Waals surface area contributed by atoms with Crippen molar-refractivity contribution in [2.75, 3.05) is 0 Å². The lowest BCUT2D eigenvalue weighted by molar-refractivity contribution is 0.786. The molecule has 0 aliphatic rings. The molecule has 2 rings (SSSR count). The summed E-state index contributed by atoms with van der Waals surface area (Å²) in [5, 5.41) is 14.3. The third-order valence-corrected chi connectivity index (χ3v) is 2.44. The first-order chi connectivity index (χ1) is 8.52. The van der Waals surface area contributed by atoms with Crippen molar-refractivity contribution < 1.29 is 0 Å². The highest BCUT2D eigenvalue weighted by molar-refractivity contribution is 5.39. The van der Waals surface area contributed by atoms with E-state index in [-0.39, 0.29) is 5.69 Å². The molecule has 6 heteroatoms. The quantitative estimate of drug-likeness (QED) is 0.783. The van der Waals surface area contributed by atoms with Crippen LogP contribution in [0.4, 0.5) is 0 Å². The van der Waals surface area contributed by atoms with Crippen molar-refractivity contribution >= 4 is 0 Å². The van der Waals surface area contributed by atoms with Gasteiger partial charge in [0.2, 0.25) is 5.69 Å². The van der Waals surface area contributed by atoms with Crippen LogP contribution in [0.1, 0.15) is 16.8 Å². The number of rotatable bonds is 1. The van der Waals surface area contributed by atoms with Crippen LogP contribution < -0.4 is 11.2 Å². The molecule has 0 aliphatic carbocycles. The van der Waals surface area contributed by atoms with Crippen LogP contribution in [0, 0.1) is 25.2 Å². The minimum Gasteiger partial charge on any atom is -0.265 e. The third kappa shape index (κ3) is 1.94. The minimum absolute atomic E-state index is 0.339. The van der Waals surface area contributed by atoms with E-state index in [1.54, 1.807) is 18.2 Å². The number of nitrogens with one attached hydrogen (secondary N) is 1. The van der Waals surface area contributed by atoms with E-state index in [0.29, 0.717) is 5.69 Å². The first-order valence-electron chi connectivity index (χ1n) is 5.23. The highest BCUT2D eigenvalue weighted by Crippen LogP contribution is 2.10. The normalized spacial score (nSPS) is 10.1. The maximum Gasteiger partial charge on any atom is 0.349 e. The maximum absolute atomic E-state index is 11.9. The SMILES string of the molecule is Cc1cc(C)cc(-n2c(=O)[nH]nc(C#N)c2=O)c1. The number of hydrogen-bond donors (Lipinski definition) is 1. The minimum atomic E-state index is -0.716. The molecule has 0 fully saturated rings. The maximum atomic E-state index is 11.9. The second kappa shape index (κ2) is 4.30. The van der Waals surface area contributed by atoms with Gasteiger partial charge in [0.05, 0.1) is 5.69 Å². The smallest absolute Gasteiger partial charge is 0.265 e. The van der Waals surface area contributed by atoms with Gasteiger partial charge in [-0.05, 0) is 37.1 Å². The van der Waals surface area contributed by atoms with Crippen LogP contribution in [0.25, 0.3) is 5.69 Å². The first kappa shape index (κ1) is 11.8. The Morgan fingerprint density at radius 3 is 2.39 bits per heavy atom. The molecule has 1 N–H and O–H groups in total. The number of hydrogen-bond acceptors (Lipinski definition) is 4. The molecule has 0 radical (unpaired) electrons. The van der Waals surface area contributed by atoms with E-state index in [1.807, 2.05) is 19.9 Å². The van der Waals surface area contributed by atoms with Crippen LogP contribution in [0.15, 0.2) is 27.8 Å². The van der Waals surface area contributed by atoms with Crippen molar-refractivity contribution in [1.82, 2.24) is 14.8 Å². The fraction of sp³-hybridized carbons (Fsp3) is 0.167. The van der Waals surface area contributed by atoms with Gasteiger partial charge >= 0.3 is 5.69 Å². The zero-order valence-corrected chi connectivity index (χ0v) is 9.89. The summed E-state index contributed by atoms with van der Waals surface area (Å²) in [6.07, 6.45) is 0. The molecule has 0 saturated heterocycles. The summed E-state index contributed by atoms with van der Waals surface area (Å²) in [5.41, 5.74) is 0.555. The van der Waals surface area contributed by atoms with Gasteiger partial charge in [0.25, 0.3) is 5.56 Å². The predicted molar refractivity (Wildman–Crippen MR) is 64.6 cm³/mol. The Morgan fingerprint density at radius 2 is 1.83 bits per heavy atom. The summed E-state index contributed by atoms with van der Waals surface area (Å²) in [7, 11) is 0. The van der Waals surface area contributed by atoms with Crippen molar-refractivity contribution in [3.05, 3.63) is 55.9 Å². The Hall–Kier alpha value is -2.68. The number of benzene rings is 1. The number of nitrogens with zero attached hydrogens (tertiary/aromatic N) is 3. The Labute approximate surface area is 102 Å². The van der Waals surface area contributed by atoms with E-state index in [0.717, 1.165) is 15.7 Å². The van der Waals surface area contributed by atoms with Crippen LogP contribution in [0.5, 0.6) is 0 Å². The molecule has 2 aromatic rings. The second-order valence-electron chi connectivity index (χ2n) is 3.98. The number of aromatic nitrogens is 3. The van der Waals surface area contributed by atoms with Gasteiger partial charge in [0.1, 0.15) is 6.07 Å². The van der Waals surface area contributed by atoms with Gasteiger partial charge in [-0.3, -0.25) is 4.79 Å². The molecule has 90 valence electrons. The molecular formula is C12H10N4O2. The van der Waals surface area contributed by atoms with Crippen LogP contribution in [0.2, 0.25) is 0 Å². The average molecular weight is 242 g/mol. The summed E-state index contributed by atoms with van der Waals surface area (Å²) in [6, 6.07) is 6.97. The van der Waals surface area contributed by atoms with Gasteiger partial charge < -0.3 is 0 Å². The molecule has 0 atom stereocenters. The summed E-state index contributed by atoms with van der Waals surface area (Å²) < 4.78 is 0.908. The van der Waals surface area contributed by atoms with Crippen molar-refractivity contribution in [1.29, 1.82) is 5.26 Å². The summed E-state index contributed by atoms with van der Waals surface area (Å²) in [4.78, 5) is 23.6. The number of nitriles is 1. The van der Waals surface area contributed by atoms with Crippen LogP contribution in [0.3, 0.4) is 0 Å². The molecule has 0 saturated carbocycles. The van der Waals surface area contributed by atoms with E-state index in [4.69, 9.17) is 5.26 Å². The lowest BCUT2D eigenvalue weighted by atomic mass is 10.1. The lowest BCUT2D eigenvalue weighted by Crippen LogP contribution is -2.36. The van der Waals surface area contributed by atoms with Gasteiger partial charge in [-0.25, -0.2) is 14.5 Å². The lowest BCUT2D eigenvalue weighted by Gasteiger charge is -2.06. The van der Waals surface area contributed by atoms with Crippen molar-refractivity contribution in [3.8, 4) is 11.8 Å². The van der Waals surface area contributed by atoms with Gasteiger partial charge in [-0.2, -0.15) is 10.4 Å². The summed E-state index contributed by atoms with van der Waals surface area (Å²) >= 11 is 0. The average Bonchev–Trinajstić information content (AvgIpc) is 2.28. The zero-order chi connectivity index (χ0) is 13.3. The first-order valence-corrected chi connectivity index (χ1v) is 5.23. The molecule has 0 bridgehead atoms. The van der Waals surface area contributed by atoms with E-state index < -0.39 is 11.2 Å². The van der Waals surface area contributed by atoms with E-state index in [1.165, 1.54) is 0 Å². The molecule has 0 unspecified atom stereocenters. The third-order valence-electron chi connectivity index (χ3n) is 2.44. The van der Waals surface area contributed by atoms with Crippen molar-refractivity contribution in [3.63, 3.8) is 0 Å². The van der Waals surface area contributed by atoms with Gasteiger partial charge in [-0.1, -0.05) is 6.07 Å². The monoisotopic (exact) mass is 242 g/mol. The van der Waals surface area contributed by atoms with Crippen molar-refractivity contribution in [2.24, 2.45) is 0 Å². The molecule has 1 aromatic carbocycles. The molecule has 6 nitrogen and oxygen atoms in total. The topological polar surface area (TPSA) is 91.5 Å². The molecule has 0 aliphatic heterocycles. The number of aromatic amines is 1. The highest BCUT2D eigenvalue weighted by atomic mass is 16.2.